The highest BCUT2D eigenvalue weighted by Gasteiger charge is 2.35. The van der Waals surface area contributed by atoms with Gasteiger partial charge in [-0.3, -0.25) is 23.8 Å². The average Bonchev–Trinajstić information content (AvgIpc) is 2.84. The predicted octanol–water partition coefficient (Wildman–Crippen LogP) is -0.408. The molecule has 0 fully saturated rings. The number of aromatic amines is 1. The molecule has 11 heteroatoms. The Balaban J connectivity index is 2.68. The number of halogens is 3. The molecule has 0 aliphatic rings. The topological polar surface area (TPSA) is 94.2 Å². The lowest BCUT2D eigenvalue weighted by atomic mass is 10.3. The summed E-state index contributed by atoms with van der Waals surface area (Å²) in [6, 6.07) is 0.806. The number of H-pyrrole nitrogens is 1. The molecule has 3 rings (SSSR count). The van der Waals surface area contributed by atoms with Crippen LogP contribution in [-0.2, 0) is 20.3 Å². The summed E-state index contributed by atoms with van der Waals surface area (Å²) in [5.41, 5.74) is -3.10. The van der Waals surface area contributed by atoms with E-state index < -0.39 is 34.1 Å². The first-order valence-electron chi connectivity index (χ1n) is 5.91. The molecule has 0 aliphatic heterocycles. The number of nitrogens with one attached hydrogen (secondary N) is 1. The van der Waals surface area contributed by atoms with Gasteiger partial charge in [0.15, 0.2) is 16.7 Å². The zero-order valence-corrected chi connectivity index (χ0v) is 11.2. The van der Waals surface area contributed by atoms with Gasteiger partial charge < -0.3 is 0 Å². The number of aromatic nitrogens is 5. The Hall–Kier alpha value is -2.85. The number of rotatable bonds is 0. The van der Waals surface area contributed by atoms with Gasteiger partial charge in [0.05, 0.1) is 0 Å². The Labute approximate surface area is 118 Å². The Morgan fingerprint density at radius 1 is 1.14 bits per heavy atom. The summed E-state index contributed by atoms with van der Waals surface area (Å²) >= 11 is 0. The second-order valence-corrected chi connectivity index (χ2v) is 4.68. The first-order valence-corrected chi connectivity index (χ1v) is 5.91. The van der Waals surface area contributed by atoms with E-state index in [1.165, 1.54) is 14.1 Å². The molecule has 116 valence electrons. The largest absolute Gasteiger partial charge is 0.451 e. The van der Waals surface area contributed by atoms with E-state index in [-0.39, 0.29) is 11.3 Å². The maximum atomic E-state index is 12.7. The van der Waals surface area contributed by atoms with Crippen LogP contribution < -0.4 is 16.7 Å². The highest BCUT2D eigenvalue weighted by molar-refractivity contribution is 5.77. The third kappa shape index (κ3) is 1.71. The van der Waals surface area contributed by atoms with Gasteiger partial charge in [0.25, 0.3) is 5.56 Å². The zero-order chi connectivity index (χ0) is 16.4. The summed E-state index contributed by atoms with van der Waals surface area (Å²) in [6.07, 6.45) is -4.76. The first-order chi connectivity index (χ1) is 10.1. The van der Waals surface area contributed by atoms with Crippen molar-refractivity contribution in [1.82, 2.24) is 23.7 Å². The van der Waals surface area contributed by atoms with Crippen molar-refractivity contribution in [3.8, 4) is 0 Å². The molecule has 8 nitrogen and oxygen atoms in total. The molecule has 0 radical (unpaired) electrons. The Kier molecular flexibility index (Phi) is 2.62. The number of pyridine rings is 1. The molecule has 0 saturated carbocycles. The van der Waals surface area contributed by atoms with Crippen LogP contribution in [0.1, 0.15) is 5.82 Å². The van der Waals surface area contributed by atoms with E-state index in [0.717, 1.165) is 15.1 Å². The molecule has 0 unspecified atom stereocenters. The van der Waals surface area contributed by atoms with Crippen molar-refractivity contribution in [1.29, 1.82) is 0 Å². The van der Waals surface area contributed by atoms with Crippen molar-refractivity contribution in [3.63, 3.8) is 0 Å². The van der Waals surface area contributed by atoms with Crippen LogP contribution in [0.3, 0.4) is 0 Å². The van der Waals surface area contributed by atoms with Gasteiger partial charge in [-0.25, -0.2) is 14.3 Å². The minimum atomic E-state index is -4.76. The fourth-order valence-corrected chi connectivity index (χ4v) is 2.24. The van der Waals surface area contributed by atoms with Crippen molar-refractivity contribution in [2.45, 2.75) is 6.18 Å². The lowest BCUT2D eigenvalue weighted by Crippen LogP contribution is -2.39. The minimum absolute atomic E-state index is 0.279. The van der Waals surface area contributed by atoms with Gasteiger partial charge in [-0.1, -0.05) is 0 Å². The molecule has 0 spiro atoms. The molecule has 1 N–H and O–H groups in total. The van der Waals surface area contributed by atoms with Gasteiger partial charge in [0.1, 0.15) is 5.39 Å². The summed E-state index contributed by atoms with van der Waals surface area (Å²) in [5, 5.41) is 1.55. The van der Waals surface area contributed by atoms with E-state index in [1.807, 2.05) is 5.10 Å². The molecule has 3 heterocycles. The number of alkyl halides is 3. The van der Waals surface area contributed by atoms with Crippen molar-refractivity contribution in [3.05, 3.63) is 43.0 Å². The first kappa shape index (κ1) is 14.1. The Morgan fingerprint density at radius 3 is 2.36 bits per heavy atom. The van der Waals surface area contributed by atoms with Crippen LogP contribution in [0.4, 0.5) is 13.2 Å². The van der Waals surface area contributed by atoms with Crippen LogP contribution in [0, 0.1) is 0 Å². The molecule has 0 bridgehead atoms. The summed E-state index contributed by atoms with van der Waals surface area (Å²) in [7, 11) is 2.41. The van der Waals surface area contributed by atoms with Crippen LogP contribution in [0.2, 0.25) is 0 Å². The number of hydrogen-bond acceptors (Lipinski definition) is 4. The molecular weight excluding hydrogens is 307 g/mol. The molecule has 0 saturated heterocycles. The summed E-state index contributed by atoms with van der Waals surface area (Å²) in [5.74, 6) is -1.34. The SMILES string of the molecule is Cn1c(=O)c2c(=O)cc3nc(C(F)(F)F)[nH]n3c2n(C)c1=O. The van der Waals surface area contributed by atoms with E-state index in [2.05, 4.69) is 4.98 Å². The van der Waals surface area contributed by atoms with Crippen molar-refractivity contribution < 1.29 is 13.2 Å². The van der Waals surface area contributed by atoms with Gasteiger partial charge in [-0.2, -0.15) is 13.2 Å². The molecule has 3 aromatic rings. The second-order valence-electron chi connectivity index (χ2n) is 4.68. The number of aryl methyl sites for hydroxylation is 1. The van der Waals surface area contributed by atoms with Crippen LogP contribution in [-0.4, -0.2) is 23.7 Å². The molecule has 22 heavy (non-hydrogen) atoms. The van der Waals surface area contributed by atoms with E-state index >= 15 is 0 Å². The van der Waals surface area contributed by atoms with Crippen LogP contribution >= 0.6 is 0 Å². The lowest BCUT2D eigenvalue weighted by molar-refractivity contribution is -0.144. The molecule has 0 aliphatic carbocycles. The minimum Gasteiger partial charge on any atom is -0.289 e. The van der Waals surface area contributed by atoms with E-state index in [9.17, 15) is 27.6 Å². The fourth-order valence-electron chi connectivity index (χ4n) is 2.24. The Bertz CT molecular complexity index is 1100. The summed E-state index contributed by atoms with van der Waals surface area (Å²) < 4.78 is 40.6. The van der Waals surface area contributed by atoms with E-state index in [1.54, 1.807) is 0 Å². The van der Waals surface area contributed by atoms with Crippen LogP contribution in [0.5, 0.6) is 0 Å². The summed E-state index contributed by atoms with van der Waals surface area (Å²) in [6.45, 7) is 0. The van der Waals surface area contributed by atoms with Gasteiger partial charge in [0.2, 0.25) is 5.82 Å². The maximum absolute atomic E-state index is 12.7. The van der Waals surface area contributed by atoms with Crippen LogP contribution in [0.25, 0.3) is 16.7 Å². The fraction of sp³-hybridized carbons (Fsp3) is 0.273. The highest BCUT2D eigenvalue weighted by atomic mass is 19.4. The number of fused-ring (bicyclic) bond motifs is 3. The molecule has 0 amide bonds. The van der Waals surface area contributed by atoms with Gasteiger partial charge in [-0.05, 0) is 0 Å². The molecule has 0 aromatic carbocycles. The smallest absolute Gasteiger partial charge is 0.289 e. The van der Waals surface area contributed by atoms with Crippen molar-refractivity contribution >= 4 is 16.7 Å². The number of hydrogen-bond donors (Lipinski definition) is 1. The zero-order valence-electron chi connectivity index (χ0n) is 11.2. The maximum Gasteiger partial charge on any atom is 0.451 e. The number of nitrogens with zero attached hydrogens (tertiary/aromatic N) is 4. The van der Waals surface area contributed by atoms with Gasteiger partial charge >= 0.3 is 11.9 Å². The average molecular weight is 315 g/mol. The highest BCUT2D eigenvalue weighted by Crippen LogP contribution is 2.26. The normalized spacial score (nSPS) is 12.4. The molecular formula is C11H8F3N5O3. The van der Waals surface area contributed by atoms with Crippen molar-refractivity contribution in [2.75, 3.05) is 0 Å². The molecule has 3 aromatic heterocycles. The second kappa shape index (κ2) is 4.08. The third-order valence-electron chi connectivity index (χ3n) is 3.29. The quantitative estimate of drug-likeness (QED) is 0.610. The predicted molar refractivity (Wildman–Crippen MR) is 68.8 cm³/mol. The van der Waals surface area contributed by atoms with Gasteiger partial charge in [0, 0.05) is 20.2 Å². The van der Waals surface area contributed by atoms with E-state index in [4.69, 9.17) is 0 Å². The lowest BCUT2D eigenvalue weighted by Gasteiger charge is -2.08. The van der Waals surface area contributed by atoms with Gasteiger partial charge in [-0.15, -0.1) is 0 Å². The van der Waals surface area contributed by atoms with E-state index in [0.29, 0.717) is 4.57 Å². The van der Waals surface area contributed by atoms with Crippen molar-refractivity contribution in [2.24, 2.45) is 14.1 Å². The molecule has 0 atom stereocenters. The van der Waals surface area contributed by atoms with Crippen LogP contribution in [0.15, 0.2) is 20.4 Å². The Morgan fingerprint density at radius 2 is 1.77 bits per heavy atom. The summed E-state index contributed by atoms with van der Waals surface area (Å²) in [4.78, 5) is 39.3. The monoisotopic (exact) mass is 315 g/mol. The third-order valence-corrected chi connectivity index (χ3v) is 3.29. The standard InChI is InChI=1S/C11H8F3N5O3/c1-17-7-6(8(21)18(2)10(17)22)4(20)3-5-15-9(11(12,13)14)16-19(5)7/h3H,1-2H3,(H,15,16).